The van der Waals surface area contributed by atoms with Crippen LogP contribution in [0.2, 0.25) is 0 Å². The van der Waals surface area contributed by atoms with Crippen LogP contribution in [0.4, 0.5) is 4.79 Å². The first kappa shape index (κ1) is 26.0. The van der Waals surface area contributed by atoms with Crippen LogP contribution in [0.25, 0.3) is 0 Å². The molecule has 0 heterocycles. The fourth-order valence-electron chi connectivity index (χ4n) is 2.63. The monoisotopic (exact) mass is 398 g/mol. The van der Waals surface area contributed by atoms with Gasteiger partial charge < -0.3 is 19.7 Å². The van der Waals surface area contributed by atoms with E-state index in [1.165, 1.54) is 0 Å². The Morgan fingerprint density at radius 1 is 1.07 bits per heavy atom. The van der Waals surface area contributed by atoms with Crippen molar-refractivity contribution in [3.63, 3.8) is 0 Å². The molecule has 0 aromatic rings. The Kier molecular flexibility index (Phi) is 10.3. The van der Waals surface area contributed by atoms with Gasteiger partial charge in [-0.1, -0.05) is 33.8 Å². The quantitative estimate of drug-likeness (QED) is 0.499. The Morgan fingerprint density at radius 3 is 2.00 bits per heavy atom. The largest absolute Gasteiger partial charge is 0.463 e. The summed E-state index contributed by atoms with van der Waals surface area (Å²) >= 11 is 0. The number of amides is 2. The molecule has 0 radical (unpaired) electrons. The minimum Gasteiger partial charge on any atom is -0.463 e. The van der Waals surface area contributed by atoms with Crippen molar-refractivity contribution in [1.82, 2.24) is 10.2 Å². The van der Waals surface area contributed by atoms with E-state index in [-0.39, 0.29) is 23.8 Å². The molecular formula is C21H38N2O5. The highest BCUT2D eigenvalue weighted by atomic mass is 16.6. The zero-order valence-corrected chi connectivity index (χ0v) is 19.1. The highest BCUT2D eigenvalue weighted by molar-refractivity contribution is 5.89. The van der Waals surface area contributed by atoms with E-state index in [1.54, 1.807) is 52.6 Å². The number of carbonyl (C=O) groups excluding carboxylic acids is 3. The van der Waals surface area contributed by atoms with E-state index in [2.05, 4.69) is 5.32 Å². The Balaban J connectivity index is 5.51. The summed E-state index contributed by atoms with van der Waals surface area (Å²) in [5.74, 6) is -0.716. The lowest BCUT2D eigenvalue weighted by Gasteiger charge is -2.34. The number of esters is 1. The summed E-state index contributed by atoms with van der Waals surface area (Å²) in [5.41, 5.74) is -0.207. The van der Waals surface area contributed by atoms with Crippen molar-refractivity contribution in [3.8, 4) is 0 Å². The highest BCUT2D eigenvalue weighted by Gasteiger charge is 2.32. The molecule has 28 heavy (non-hydrogen) atoms. The molecule has 0 aliphatic carbocycles. The van der Waals surface area contributed by atoms with Gasteiger partial charge in [0.25, 0.3) is 0 Å². The van der Waals surface area contributed by atoms with Crippen LogP contribution in [-0.2, 0) is 19.1 Å². The summed E-state index contributed by atoms with van der Waals surface area (Å²) in [6.07, 6.45) is 1.11. The summed E-state index contributed by atoms with van der Waals surface area (Å²) in [6.45, 7) is 16.7. The molecule has 7 nitrogen and oxygen atoms in total. The van der Waals surface area contributed by atoms with E-state index < -0.39 is 23.7 Å². The van der Waals surface area contributed by atoms with Crippen molar-refractivity contribution in [2.75, 3.05) is 13.7 Å². The van der Waals surface area contributed by atoms with E-state index in [9.17, 15) is 14.4 Å². The van der Waals surface area contributed by atoms with Gasteiger partial charge in [0.05, 0.1) is 12.6 Å². The van der Waals surface area contributed by atoms with Crippen LogP contribution in [-0.4, -0.2) is 54.2 Å². The van der Waals surface area contributed by atoms with Gasteiger partial charge in [-0.2, -0.15) is 0 Å². The molecule has 2 atom stereocenters. The predicted octanol–water partition coefficient (Wildman–Crippen LogP) is 3.53. The Labute approximate surface area is 169 Å². The van der Waals surface area contributed by atoms with Crippen LogP contribution in [0, 0.1) is 11.8 Å². The molecule has 0 aliphatic rings. The van der Waals surface area contributed by atoms with E-state index in [1.807, 2.05) is 27.7 Å². The van der Waals surface area contributed by atoms with Gasteiger partial charge in [0.2, 0.25) is 5.91 Å². The van der Waals surface area contributed by atoms with Crippen molar-refractivity contribution in [3.05, 3.63) is 11.6 Å². The number of carbonyl (C=O) groups is 3. The molecule has 0 bridgehead atoms. The highest BCUT2D eigenvalue weighted by Crippen LogP contribution is 2.17. The van der Waals surface area contributed by atoms with Crippen LogP contribution in [0.1, 0.15) is 62.3 Å². The molecule has 7 heteroatoms. The number of nitrogens with zero attached hydrogens (tertiary/aromatic N) is 1. The molecule has 162 valence electrons. The second-order valence-corrected chi connectivity index (χ2v) is 8.62. The third-order valence-electron chi connectivity index (χ3n) is 4.10. The molecule has 0 fully saturated rings. The first-order chi connectivity index (χ1) is 12.7. The van der Waals surface area contributed by atoms with E-state index in [0.29, 0.717) is 12.2 Å². The first-order valence-electron chi connectivity index (χ1n) is 9.82. The normalized spacial score (nSPS) is 14.5. The average Bonchev–Trinajstić information content (AvgIpc) is 2.54. The maximum Gasteiger partial charge on any atom is 0.408 e. The van der Waals surface area contributed by atoms with Crippen LogP contribution in [0.5, 0.6) is 0 Å². The zero-order chi connectivity index (χ0) is 22.2. The summed E-state index contributed by atoms with van der Waals surface area (Å²) in [5, 5.41) is 2.68. The molecule has 0 spiro atoms. The molecule has 0 saturated carbocycles. The number of likely N-dealkylation sites (N-methyl/N-ethyl adjacent to an activating group) is 1. The van der Waals surface area contributed by atoms with Gasteiger partial charge in [-0.3, -0.25) is 4.79 Å². The molecule has 0 aromatic carbocycles. The minimum atomic E-state index is -0.739. The molecule has 2 amide bonds. The number of ether oxygens (including phenoxy) is 2. The van der Waals surface area contributed by atoms with Gasteiger partial charge in [0.15, 0.2) is 0 Å². The lowest BCUT2D eigenvalue weighted by Crippen LogP contribution is -2.54. The second-order valence-electron chi connectivity index (χ2n) is 8.62. The lowest BCUT2D eigenvalue weighted by atomic mass is 9.97. The number of alkyl carbamates (subject to hydrolysis) is 1. The number of rotatable bonds is 8. The Bertz CT molecular complexity index is 576. The van der Waals surface area contributed by atoms with Crippen LogP contribution in [0.15, 0.2) is 11.6 Å². The zero-order valence-electron chi connectivity index (χ0n) is 19.1. The molecular weight excluding hydrogens is 360 g/mol. The van der Waals surface area contributed by atoms with Gasteiger partial charge in [0, 0.05) is 12.6 Å². The maximum atomic E-state index is 13.1. The smallest absolute Gasteiger partial charge is 0.408 e. The fraction of sp³-hybridized carbons (Fsp3) is 0.762. The Morgan fingerprint density at radius 2 is 1.61 bits per heavy atom. The van der Waals surface area contributed by atoms with E-state index in [0.717, 1.165) is 0 Å². The standard InChI is InChI=1S/C21H38N2O5/c1-11-27-19(25)15(6)12-16(13(2)3)23(10)18(24)17(14(4)5)22-20(26)28-21(7,8)9/h12-14,16-17H,11H2,1-10H3,(H,22,26)/t16-,17+/m1/s1. The Hall–Kier alpha value is -2.05. The van der Waals surface area contributed by atoms with Gasteiger partial charge in [-0.05, 0) is 46.5 Å². The number of nitrogens with one attached hydrogen (secondary N) is 1. The van der Waals surface area contributed by atoms with Crippen molar-refractivity contribution in [2.24, 2.45) is 11.8 Å². The fourth-order valence-corrected chi connectivity index (χ4v) is 2.63. The summed E-state index contributed by atoms with van der Waals surface area (Å²) in [6, 6.07) is -1.06. The van der Waals surface area contributed by atoms with Crippen molar-refractivity contribution < 1.29 is 23.9 Å². The van der Waals surface area contributed by atoms with Crippen LogP contribution >= 0.6 is 0 Å². The number of hydrogen-bond acceptors (Lipinski definition) is 5. The summed E-state index contributed by atoms with van der Waals surface area (Å²) < 4.78 is 10.3. The summed E-state index contributed by atoms with van der Waals surface area (Å²) in [7, 11) is 1.67. The molecule has 0 aromatic heterocycles. The maximum absolute atomic E-state index is 13.1. The molecule has 0 aliphatic heterocycles. The van der Waals surface area contributed by atoms with Crippen LogP contribution < -0.4 is 5.32 Å². The van der Waals surface area contributed by atoms with Gasteiger partial charge >= 0.3 is 12.1 Å². The van der Waals surface area contributed by atoms with Crippen molar-refractivity contribution in [2.45, 2.75) is 80.0 Å². The first-order valence-corrected chi connectivity index (χ1v) is 9.82. The third kappa shape index (κ3) is 8.76. The average molecular weight is 399 g/mol. The van der Waals surface area contributed by atoms with Gasteiger partial charge in [0.1, 0.15) is 11.6 Å². The molecule has 0 saturated heterocycles. The minimum absolute atomic E-state index is 0.0627. The molecule has 0 rings (SSSR count). The van der Waals surface area contributed by atoms with Gasteiger partial charge in [-0.25, -0.2) is 9.59 Å². The van der Waals surface area contributed by atoms with Crippen molar-refractivity contribution >= 4 is 18.0 Å². The van der Waals surface area contributed by atoms with Crippen LogP contribution in [0.3, 0.4) is 0 Å². The van der Waals surface area contributed by atoms with E-state index >= 15 is 0 Å². The van der Waals surface area contributed by atoms with E-state index in [4.69, 9.17) is 9.47 Å². The number of hydrogen-bond donors (Lipinski definition) is 1. The molecule has 1 N–H and O–H groups in total. The predicted molar refractivity (Wildman–Crippen MR) is 110 cm³/mol. The topological polar surface area (TPSA) is 84.9 Å². The summed E-state index contributed by atoms with van der Waals surface area (Å²) in [4.78, 5) is 38.8. The third-order valence-corrected chi connectivity index (χ3v) is 4.10. The SMILES string of the molecule is CCOC(=O)C(C)=C[C@H](C(C)C)N(C)C(=O)[C@@H](NC(=O)OC(C)(C)C)C(C)C. The van der Waals surface area contributed by atoms with Gasteiger partial charge in [-0.15, -0.1) is 0 Å². The second kappa shape index (κ2) is 11.1. The lowest BCUT2D eigenvalue weighted by molar-refractivity contribution is -0.139. The molecule has 0 unspecified atom stereocenters. The van der Waals surface area contributed by atoms with Crippen molar-refractivity contribution in [1.29, 1.82) is 0 Å².